The molecule has 0 aromatic carbocycles. The van der Waals surface area contributed by atoms with E-state index in [0.717, 1.165) is 16.3 Å². The lowest BCUT2D eigenvalue weighted by Gasteiger charge is -1.96. The van der Waals surface area contributed by atoms with E-state index in [1.54, 1.807) is 29.2 Å². The van der Waals surface area contributed by atoms with Gasteiger partial charge in [0.2, 0.25) is 4.96 Å². The third-order valence-corrected chi connectivity index (χ3v) is 3.84. The Hall–Kier alpha value is -2.87. The zero-order valence-electron chi connectivity index (χ0n) is 10.7. The van der Waals surface area contributed by atoms with Gasteiger partial charge in [-0.25, -0.2) is 0 Å². The summed E-state index contributed by atoms with van der Waals surface area (Å²) >= 11 is 1.43. The van der Waals surface area contributed by atoms with Crippen molar-refractivity contribution in [3.05, 3.63) is 42.9 Å². The zero-order chi connectivity index (χ0) is 14.2. The Balaban J connectivity index is 1.84. The minimum Gasteiger partial charge on any atom is -0.397 e. The Morgan fingerprint density at radius 3 is 2.81 bits per heavy atom. The van der Waals surface area contributed by atoms with Crippen molar-refractivity contribution in [2.45, 2.75) is 0 Å². The first-order valence-electron chi connectivity index (χ1n) is 6.16. The molecule has 0 saturated carbocycles. The number of fused-ring (bicyclic) bond motifs is 1. The molecular formula is C13H9N7S. The lowest BCUT2D eigenvalue weighted by atomic mass is 10.3. The number of hydrogen-bond acceptors (Lipinski definition) is 7. The van der Waals surface area contributed by atoms with E-state index in [1.165, 1.54) is 11.3 Å². The van der Waals surface area contributed by atoms with Gasteiger partial charge in [-0.15, -0.1) is 10.2 Å². The monoisotopic (exact) mass is 295 g/mol. The highest BCUT2D eigenvalue weighted by atomic mass is 32.1. The fourth-order valence-electron chi connectivity index (χ4n) is 1.93. The molecule has 102 valence electrons. The predicted octanol–water partition coefficient (Wildman–Crippen LogP) is 1.89. The summed E-state index contributed by atoms with van der Waals surface area (Å²) in [6.07, 6.45) is 5.06. The van der Waals surface area contributed by atoms with Crippen LogP contribution in [0.4, 0.5) is 5.69 Å². The van der Waals surface area contributed by atoms with Gasteiger partial charge in [-0.1, -0.05) is 11.3 Å². The van der Waals surface area contributed by atoms with E-state index in [4.69, 9.17) is 5.73 Å². The van der Waals surface area contributed by atoms with Crippen molar-refractivity contribution < 1.29 is 0 Å². The fraction of sp³-hybridized carbons (Fsp3) is 0. The zero-order valence-corrected chi connectivity index (χ0v) is 11.5. The molecule has 0 radical (unpaired) electrons. The number of nitrogen functional groups attached to an aromatic ring is 1. The van der Waals surface area contributed by atoms with E-state index >= 15 is 0 Å². The van der Waals surface area contributed by atoms with Crippen LogP contribution in [0.2, 0.25) is 0 Å². The molecule has 0 atom stereocenters. The second kappa shape index (κ2) is 4.60. The van der Waals surface area contributed by atoms with E-state index in [0.29, 0.717) is 16.5 Å². The lowest BCUT2D eigenvalue weighted by Crippen LogP contribution is -1.92. The average Bonchev–Trinajstić information content (AvgIpc) is 3.09. The molecule has 0 spiro atoms. The molecule has 0 bridgehead atoms. The molecule has 7 nitrogen and oxygen atoms in total. The predicted molar refractivity (Wildman–Crippen MR) is 79.5 cm³/mol. The van der Waals surface area contributed by atoms with Crippen molar-refractivity contribution in [2.75, 3.05) is 5.73 Å². The number of aromatic nitrogens is 6. The molecule has 4 heterocycles. The Morgan fingerprint density at radius 2 is 2.05 bits per heavy atom. The van der Waals surface area contributed by atoms with E-state index in [-0.39, 0.29) is 0 Å². The molecule has 0 aliphatic heterocycles. The molecular weight excluding hydrogens is 286 g/mol. The SMILES string of the molecule is Nc1ccc(-c2nn3c(-c4cccnc4)nnc3s2)nc1. The topological polar surface area (TPSA) is 94.9 Å². The Kier molecular flexibility index (Phi) is 2.61. The second-order valence-corrected chi connectivity index (χ2v) is 5.30. The fourth-order valence-corrected chi connectivity index (χ4v) is 2.74. The standard InChI is InChI=1S/C13H9N7S/c14-9-3-4-10(16-7-9)12-19-20-11(17-18-13(20)21-12)8-2-1-5-15-6-8/h1-7H,14H2. The molecule has 4 aromatic rings. The first kappa shape index (κ1) is 11.9. The van der Waals surface area contributed by atoms with Gasteiger partial charge in [0.05, 0.1) is 11.9 Å². The Labute approximate surface area is 123 Å². The highest BCUT2D eigenvalue weighted by Gasteiger charge is 2.14. The molecule has 0 aliphatic carbocycles. The molecule has 0 aliphatic rings. The molecule has 0 amide bonds. The summed E-state index contributed by atoms with van der Waals surface area (Å²) in [7, 11) is 0. The van der Waals surface area contributed by atoms with Gasteiger partial charge in [0.25, 0.3) is 0 Å². The maximum absolute atomic E-state index is 5.65. The van der Waals surface area contributed by atoms with Gasteiger partial charge < -0.3 is 5.73 Å². The molecule has 4 aromatic heterocycles. The van der Waals surface area contributed by atoms with Gasteiger partial charge in [0.1, 0.15) is 5.69 Å². The van der Waals surface area contributed by atoms with Crippen LogP contribution in [0.15, 0.2) is 42.9 Å². The largest absolute Gasteiger partial charge is 0.397 e. The molecule has 8 heteroatoms. The second-order valence-electron chi connectivity index (χ2n) is 4.34. The number of rotatable bonds is 2. The van der Waals surface area contributed by atoms with Gasteiger partial charge in [0, 0.05) is 18.0 Å². The number of pyridine rings is 2. The minimum absolute atomic E-state index is 0.623. The summed E-state index contributed by atoms with van der Waals surface area (Å²) in [6.45, 7) is 0. The number of hydrogen-bond donors (Lipinski definition) is 1. The molecule has 0 unspecified atom stereocenters. The van der Waals surface area contributed by atoms with Gasteiger partial charge in [-0.05, 0) is 24.3 Å². The third-order valence-electron chi connectivity index (χ3n) is 2.92. The van der Waals surface area contributed by atoms with Crippen LogP contribution >= 0.6 is 11.3 Å². The number of anilines is 1. The summed E-state index contributed by atoms with van der Waals surface area (Å²) in [5.41, 5.74) is 7.90. The van der Waals surface area contributed by atoms with Crippen molar-refractivity contribution in [2.24, 2.45) is 0 Å². The van der Waals surface area contributed by atoms with Crippen LogP contribution in [0.5, 0.6) is 0 Å². The normalized spacial score (nSPS) is 11.0. The first-order valence-corrected chi connectivity index (χ1v) is 6.97. The number of nitrogens with two attached hydrogens (primary N) is 1. The van der Waals surface area contributed by atoms with Gasteiger partial charge >= 0.3 is 0 Å². The minimum atomic E-state index is 0.623. The molecule has 2 N–H and O–H groups in total. The van der Waals surface area contributed by atoms with Crippen LogP contribution in [0.3, 0.4) is 0 Å². The maximum atomic E-state index is 5.65. The maximum Gasteiger partial charge on any atom is 0.235 e. The van der Waals surface area contributed by atoms with Crippen molar-refractivity contribution in [3.8, 4) is 22.1 Å². The summed E-state index contributed by atoms with van der Waals surface area (Å²) in [4.78, 5) is 9.08. The van der Waals surface area contributed by atoms with E-state index < -0.39 is 0 Å². The number of nitrogens with zero attached hydrogens (tertiary/aromatic N) is 6. The van der Waals surface area contributed by atoms with Crippen LogP contribution in [-0.2, 0) is 0 Å². The molecule has 0 fully saturated rings. The molecule has 4 rings (SSSR count). The van der Waals surface area contributed by atoms with Crippen molar-refractivity contribution in [1.82, 2.24) is 29.8 Å². The average molecular weight is 295 g/mol. The van der Waals surface area contributed by atoms with Crippen LogP contribution in [0.1, 0.15) is 0 Å². The third kappa shape index (κ3) is 2.01. The molecule has 0 saturated heterocycles. The Morgan fingerprint density at radius 1 is 1.10 bits per heavy atom. The lowest BCUT2D eigenvalue weighted by molar-refractivity contribution is 0.965. The van der Waals surface area contributed by atoms with E-state index in [2.05, 4.69) is 25.3 Å². The van der Waals surface area contributed by atoms with Crippen molar-refractivity contribution in [3.63, 3.8) is 0 Å². The van der Waals surface area contributed by atoms with Gasteiger partial charge in [-0.3, -0.25) is 9.97 Å². The summed E-state index contributed by atoms with van der Waals surface area (Å²) in [5, 5.41) is 13.6. The van der Waals surface area contributed by atoms with Crippen LogP contribution in [-0.4, -0.2) is 29.8 Å². The van der Waals surface area contributed by atoms with Gasteiger partial charge in [-0.2, -0.15) is 9.61 Å². The smallest absolute Gasteiger partial charge is 0.235 e. The van der Waals surface area contributed by atoms with E-state index in [9.17, 15) is 0 Å². The summed E-state index contributed by atoms with van der Waals surface area (Å²) in [5.74, 6) is 0.663. The Bertz CT molecular complexity index is 895. The summed E-state index contributed by atoms with van der Waals surface area (Å²) < 4.78 is 1.70. The van der Waals surface area contributed by atoms with Crippen LogP contribution in [0, 0.1) is 0 Å². The first-order chi connectivity index (χ1) is 10.3. The van der Waals surface area contributed by atoms with Crippen LogP contribution < -0.4 is 5.73 Å². The highest BCUT2D eigenvalue weighted by molar-refractivity contribution is 7.19. The highest BCUT2D eigenvalue weighted by Crippen LogP contribution is 2.26. The van der Waals surface area contributed by atoms with Crippen molar-refractivity contribution in [1.29, 1.82) is 0 Å². The quantitative estimate of drug-likeness (QED) is 0.607. The molecule has 21 heavy (non-hydrogen) atoms. The van der Waals surface area contributed by atoms with Gasteiger partial charge in [0.15, 0.2) is 10.8 Å². The van der Waals surface area contributed by atoms with E-state index in [1.807, 2.05) is 18.2 Å². The summed E-state index contributed by atoms with van der Waals surface area (Å²) in [6, 6.07) is 7.41. The van der Waals surface area contributed by atoms with Crippen LogP contribution in [0.25, 0.3) is 27.1 Å². The van der Waals surface area contributed by atoms with Crippen molar-refractivity contribution >= 4 is 22.0 Å².